The monoisotopic (exact) mass is 302 g/mol. The molecule has 6 nitrogen and oxygen atoms in total. The Hall–Kier alpha value is -1.11. The van der Waals surface area contributed by atoms with Crippen molar-refractivity contribution in [1.82, 2.24) is 15.1 Å². The SMILES string of the molecule is Cl.Cn1cc(C(O)CNC(=O)[C@@H]2CCC[C@@H]2CN)cn1. The van der Waals surface area contributed by atoms with Crippen LogP contribution in [-0.4, -0.2) is 33.9 Å². The second kappa shape index (κ2) is 7.61. The van der Waals surface area contributed by atoms with Crippen LogP contribution in [0.3, 0.4) is 0 Å². The molecule has 0 aromatic carbocycles. The standard InChI is InChI=1S/C13H22N4O2.ClH/c1-17-8-10(6-16-17)12(18)7-15-13(19)11-4-2-3-9(11)5-14;/h6,8-9,11-12,18H,2-5,7,14H2,1H3,(H,15,19);1H/t9-,11-,12?;/m1./s1. The van der Waals surface area contributed by atoms with Gasteiger partial charge in [0.2, 0.25) is 5.91 Å². The Balaban J connectivity index is 0.00000200. The predicted molar refractivity (Wildman–Crippen MR) is 78.3 cm³/mol. The van der Waals surface area contributed by atoms with Crippen LogP contribution in [0.2, 0.25) is 0 Å². The van der Waals surface area contributed by atoms with Crippen LogP contribution in [0, 0.1) is 11.8 Å². The fraction of sp³-hybridized carbons (Fsp3) is 0.692. The first kappa shape index (κ1) is 16.9. The summed E-state index contributed by atoms with van der Waals surface area (Å²) in [6.07, 6.45) is 5.63. The smallest absolute Gasteiger partial charge is 0.223 e. The number of nitrogens with one attached hydrogen (secondary N) is 1. The van der Waals surface area contributed by atoms with Gasteiger partial charge in [-0.3, -0.25) is 9.48 Å². The van der Waals surface area contributed by atoms with E-state index in [2.05, 4.69) is 10.4 Å². The van der Waals surface area contributed by atoms with Gasteiger partial charge in [0.1, 0.15) is 0 Å². The van der Waals surface area contributed by atoms with Gasteiger partial charge in [-0.15, -0.1) is 12.4 Å². The zero-order valence-electron chi connectivity index (χ0n) is 11.7. The maximum absolute atomic E-state index is 12.1. The van der Waals surface area contributed by atoms with E-state index in [1.165, 1.54) is 0 Å². The first-order chi connectivity index (χ1) is 9.11. The molecule has 0 bridgehead atoms. The number of carbonyl (C=O) groups is 1. The summed E-state index contributed by atoms with van der Waals surface area (Å²) in [7, 11) is 1.79. The highest BCUT2D eigenvalue weighted by atomic mass is 35.5. The average Bonchev–Trinajstić information content (AvgIpc) is 3.03. The van der Waals surface area contributed by atoms with Gasteiger partial charge >= 0.3 is 0 Å². The molecule has 1 saturated carbocycles. The minimum atomic E-state index is -0.713. The zero-order chi connectivity index (χ0) is 13.8. The third-order valence-corrected chi connectivity index (χ3v) is 3.88. The Morgan fingerprint density at radius 1 is 1.65 bits per heavy atom. The molecule has 0 aliphatic heterocycles. The lowest BCUT2D eigenvalue weighted by molar-refractivity contribution is -0.126. The topological polar surface area (TPSA) is 93.2 Å². The number of amides is 1. The second-order valence-electron chi connectivity index (χ2n) is 5.24. The number of aryl methyl sites for hydroxylation is 1. The molecule has 0 spiro atoms. The molecule has 0 radical (unpaired) electrons. The number of rotatable bonds is 5. The van der Waals surface area contributed by atoms with E-state index in [0.29, 0.717) is 12.1 Å². The van der Waals surface area contributed by atoms with E-state index in [9.17, 15) is 9.90 Å². The van der Waals surface area contributed by atoms with Crippen LogP contribution in [0.15, 0.2) is 12.4 Å². The van der Waals surface area contributed by atoms with Crippen molar-refractivity contribution in [3.05, 3.63) is 18.0 Å². The number of carbonyl (C=O) groups excluding carboxylic acids is 1. The maximum atomic E-state index is 12.1. The van der Waals surface area contributed by atoms with Gasteiger partial charge in [-0.25, -0.2) is 0 Å². The predicted octanol–water partition coefficient (Wildman–Crippen LogP) is 0.366. The number of halogens is 1. The van der Waals surface area contributed by atoms with E-state index in [4.69, 9.17) is 5.73 Å². The van der Waals surface area contributed by atoms with Crippen LogP contribution < -0.4 is 11.1 Å². The summed E-state index contributed by atoms with van der Waals surface area (Å²) >= 11 is 0. The van der Waals surface area contributed by atoms with Crippen molar-refractivity contribution < 1.29 is 9.90 Å². The van der Waals surface area contributed by atoms with Gasteiger partial charge in [-0.2, -0.15) is 5.10 Å². The number of nitrogens with zero attached hydrogens (tertiary/aromatic N) is 2. The molecule has 2 rings (SSSR count). The number of aliphatic hydroxyl groups is 1. The Morgan fingerprint density at radius 3 is 3.00 bits per heavy atom. The van der Waals surface area contributed by atoms with Crippen molar-refractivity contribution in [3.8, 4) is 0 Å². The summed E-state index contributed by atoms with van der Waals surface area (Å²) in [5, 5.41) is 16.8. The zero-order valence-corrected chi connectivity index (χ0v) is 12.5. The van der Waals surface area contributed by atoms with Crippen molar-refractivity contribution in [2.24, 2.45) is 24.6 Å². The number of hydrogen-bond acceptors (Lipinski definition) is 4. The average molecular weight is 303 g/mol. The van der Waals surface area contributed by atoms with Gasteiger partial charge < -0.3 is 16.2 Å². The summed E-state index contributed by atoms with van der Waals surface area (Å²) in [5.74, 6) is 0.303. The lowest BCUT2D eigenvalue weighted by atomic mass is 9.95. The fourth-order valence-corrected chi connectivity index (χ4v) is 2.72. The van der Waals surface area contributed by atoms with Crippen LogP contribution in [0.5, 0.6) is 0 Å². The van der Waals surface area contributed by atoms with E-state index in [0.717, 1.165) is 19.3 Å². The molecule has 1 fully saturated rings. The molecular weight excluding hydrogens is 280 g/mol. The number of hydrogen-bond donors (Lipinski definition) is 3. The largest absolute Gasteiger partial charge is 0.386 e. The van der Waals surface area contributed by atoms with Gasteiger partial charge in [0.25, 0.3) is 0 Å². The maximum Gasteiger partial charge on any atom is 0.223 e. The molecular formula is C13H23ClN4O2. The molecule has 1 aromatic heterocycles. The van der Waals surface area contributed by atoms with E-state index >= 15 is 0 Å². The molecule has 1 amide bonds. The summed E-state index contributed by atoms with van der Waals surface area (Å²) < 4.78 is 1.63. The summed E-state index contributed by atoms with van der Waals surface area (Å²) in [6.45, 7) is 0.779. The summed E-state index contributed by atoms with van der Waals surface area (Å²) in [4.78, 5) is 12.1. The molecule has 1 unspecified atom stereocenters. The van der Waals surface area contributed by atoms with Gasteiger partial charge in [-0.05, 0) is 25.3 Å². The number of aliphatic hydroxyl groups excluding tert-OH is 1. The Morgan fingerprint density at radius 2 is 2.40 bits per heavy atom. The molecule has 1 heterocycles. The third-order valence-electron chi connectivity index (χ3n) is 3.88. The van der Waals surface area contributed by atoms with Gasteiger partial charge in [0.15, 0.2) is 0 Å². The van der Waals surface area contributed by atoms with Crippen molar-refractivity contribution in [3.63, 3.8) is 0 Å². The van der Waals surface area contributed by atoms with Crippen molar-refractivity contribution in [1.29, 1.82) is 0 Å². The molecule has 1 aliphatic rings. The molecule has 1 aromatic rings. The lowest BCUT2D eigenvalue weighted by Crippen LogP contribution is -2.37. The highest BCUT2D eigenvalue weighted by Gasteiger charge is 2.31. The molecule has 0 saturated heterocycles. The van der Waals surface area contributed by atoms with Crippen LogP contribution in [0.1, 0.15) is 30.9 Å². The highest BCUT2D eigenvalue weighted by molar-refractivity contribution is 5.85. The summed E-state index contributed by atoms with van der Waals surface area (Å²) in [6, 6.07) is 0. The fourth-order valence-electron chi connectivity index (χ4n) is 2.72. The van der Waals surface area contributed by atoms with Crippen LogP contribution in [0.25, 0.3) is 0 Å². The van der Waals surface area contributed by atoms with Crippen molar-refractivity contribution in [2.45, 2.75) is 25.4 Å². The van der Waals surface area contributed by atoms with Crippen molar-refractivity contribution in [2.75, 3.05) is 13.1 Å². The highest BCUT2D eigenvalue weighted by Crippen LogP contribution is 2.31. The molecule has 4 N–H and O–H groups in total. The van der Waals surface area contributed by atoms with E-state index in [-0.39, 0.29) is 36.7 Å². The van der Waals surface area contributed by atoms with Crippen LogP contribution >= 0.6 is 12.4 Å². The molecule has 20 heavy (non-hydrogen) atoms. The minimum absolute atomic E-state index is 0. The molecule has 114 valence electrons. The second-order valence-corrected chi connectivity index (χ2v) is 5.24. The van der Waals surface area contributed by atoms with Gasteiger partial charge in [0, 0.05) is 31.3 Å². The molecule has 7 heteroatoms. The number of aromatic nitrogens is 2. The Kier molecular flexibility index (Phi) is 6.45. The van der Waals surface area contributed by atoms with E-state index in [1.807, 2.05) is 0 Å². The number of nitrogens with two attached hydrogens (primary N) is 1. The quantitative estimate of drug-likeness (QED) is 0.732. The van der Waals surface area contributed by atoms with Crippen LogP contribution in [0.4, 0.5) is 0 Å². The first-order valence-electron chi connectivity index (χ1n) is 6.76. The minimum Gasteiger partial charge on any atom is -0.386 e. The van der Waals surface area contributed by atoms with E-state index in [1.54, 1.807) is 24.1 Å². The van der Waals surface area contributed by atoms with Gasteiger partial charge in [-0.1, -0.05) is 6.42 Å². The Bertz CT molecular complexity index is 438. The normalized spacial score (nSPS) is 23.1. The van der Waals surface area contributed by atoms with Crippen molar-refractivity contribution >= 4 is 18.3 Å². The molecule has 3 atom stereocenters. The summed E-state index contributed by atoms with van der Waals surface area (Å²) in [5.41, 5.74) is 6.38. The van der Waals surface area contributed by atoms with Crippen LogP contribution in [-0.2, 0) is 11.8 Å². The Labute approximate surface area is 125 Å². The van der Waals surface area contributed by atoms with E-state index < -0.39 is 6.10 Å². The lowest BCUT2D eigenvalue weighted by Gasteiger charge is -2.18. The molecule has 1 aliphatic carbocycles. The third kappa shape index (κ3) is 3.94. The van der Waals surface area contributed by atoms with Gasteiger partial charge in [0.05, 0.1) is 12.3 Å². The first-order valence-corrected chi connectivity index (χ1v) is 6.76.